The van der Waals surface area contributed by atoms with Crippen molar-refractivity contribution >= 4 is 23.2 Å². The number of carbonyl (C=O) groups excluding carboxylic acids is 2. The Morgan fingerprint density at radius 1 is 1.04 bits per heavy atom. The second-order valence-electron chi connectivity index (χ2n) is 7.54. The number of nitrogen functional groups attached to an aromatic ring is 1. The lowest BCUT2D eigenvalue weighted by molar-refractivity contribution is -0.116. The molecule has 0 aromatic heterocycles. The van der Waals surface area contributed by atoms with Crippen LogP contribution in [0.15, 0.2) is 48.5 Å². The summed E-state index contributed by atoms with van der Waals surface area (Å²) in [7, 11) is 1.87. The summed E-state index contributed by atoms with van der Waals surface area (Å²) in [6, 6.07) is 15.1. The molecule has 0 aliphatic heterocycles. The zero-order valence-electron chi connectivity index (χ0n) is 16.5. The normalized spacial score (nSPS) is 14.5. The Morgan fingerprint density at radius 3 is 2.43 bits per heavy atom. The van der Waals surface area contributed by atoms with Crippen molar-refractivity contribution in [2.45, 2.75) is 51.0 Å². The second kappa shape index (κ2) is 9.40. The number of hydrogen-bond acceptors (Lipinski definition) is 3. The molecule has 3 rings (SSSR count). The highest BCUT2D eigenvalue weighted by Gasteiger charge is 2.24. The molecule has 2 amide bonds. The van der Waals surface area contributed by atoms with E-state index < -0.39 is 0 Å². The number of nitrogens with one attached hydrogen (secondary N) is 1. The van der Waals surface area contributed by atoms with Gasteiger partial charge in [0, 0.05) is 25.2 Å². The van der Waals surface area contributed by atoms with E-state index in [2.05, 4.69) is 5.32 Å². The first-order valence-electron chi connectivity index (χ1n) is 10.0. The van der Waals surface area contributed by atoms with Gasteiger partial charge in [-0.1, -0.05) is 43.5 Å². The number of rotatable bonds is 6. The van der Waals surface area contributed by atoms with E-state index in [1.807, 2.05) is 48.3 Å². The van der Waals surface area contributed by atoms with Crippen LogP contribution in [-0.4, -0.2) is 29.8 Å². The van der Waals surface area contributed by atoms with Gasteiger partial charge in [-0.3, -0.25) is 9.59 Å². The van der Waals surface area contributed by atoms with E-state index in [9.17, 15) is 9.59 Å². The summed E-state index contributed by atoms with van der Waals surface area (Å²) in [6.45, 7) is 0. The number of para-hydroxylation sites is 1. The second-order valence-corrected chi connectivity index (χ2v) is 7.54. The van der Waals surface area contributed by atoms with Crippen molar-refractivity contribution in [2.24, 2.45) is 0 Å². The predicted octanol–water partition coefficient (Wildman–Crippen LogP) is 4.24. The van der Waals surface area contributed by atoms with Crippen LogP contribution in [0, 0.1) is 0 Å². The number of aryl methyl sites for hydroxylation is 1. The molecule has 5 heteroatoms. The van der Waals surface area contributed by atoms with Gasteiger partial charge in [0.2, 0.25) is 5.91 Å². The first-order chi connectivity index (χ1) is 13.5. The van der Waals surface area contributed by atoms with Crippen molar-refractivity contribution in [1.82, 2.24) is 4.90 Å². The van der Waals surface area contributed by atoms with Gasteiger partial charge in [-0.05, 0) is 49.1 Å². The summed E-state index contributed by atoms with van der Waals surface area (Å²) in [5, 5.41) is 2.92. The molecule has 2 aromatic rings. The molecule has 0 atom stereocenters. The zero-order chi connectivity index (χ0) is 19.9. The SMILES string of the molecule is CN(C(=O)c1ccccc1NC(=O)CCc1ccc(N)cc1)C1CCCCC1. The fourth-order valence-electron chi connectivity index (χ4n) is 3.76. The van der Waals surface area contributed by atoms with Crippen LogP contribution in [0.4, 0.5) is 11.4 Å². The van der Waals surface area contributed by atoms with Gasteiger partial charge >= 0.3 is 0 Å². The van der Waals surface area contributed by atoms with E-state index in [0.717, 1.165) is 18.4 Å². The van der Waals surface area contributed by atoms with Crippen molar-refractivity contribution < 1.29 is 9.59 Å². The average molecular weight is 380 g/mol. The van der Waals surface area contributed by atoms with Crippen molar-refractivity contribution in [3.63, 3.8) is 0 Å². The third-order valence-corrected chi connectivity index (χ3v) is 5.49. The summed E-state index contributed by atoms with van der Waals surface area (Å²) >= 11 is 0. The predicted molar refractivity (Wildman–Crippen MR) is 113 cm³/mol. The van der Waals surface area contributed by atoms with Crippen LogP contribution < -0.4 is 11.1 Å². The molecule has 5 nitrogen and oxygen atoms in total. The van der Waals surface area contributed by atoms with Crippen LogP contribution in [-0.2, 0) is 11.2 Å². The lowest BCUT2D eigenvalue weighted by Gasteiger charge is -2.31. The molecule has 1 aliphatic carbocycles. The summed E-state index contributed by atoms with van der Waals surface area (Å²) < 4.78 is 0. The fraction of sp³-hybridized carbons (Fsp3) is 0.391. The summed E-state index contributed by atoms with van der Waals surface area (Å²) in [5.74, 6) is -0.126. The third kappa shape index (κ3) is 5.12. The van der Waals surface area contributed by atoms with Gasteiger partial charge in [0.25, 0.3) is 5.91 Å². The number of nitrogens with two attached hydrogens (primary N) is 1. The van der Waals surface area contributed by atoms with E-state index in [1.165, 1.54) is 19.3 Å². The van der Waals surface area contributed by atoms with Crippen LogP contribution in [0.2, 0.25) is 0 Å². The third-order valence-electron chi connectivity index (χ3n) is 5.49. The summed E-state index contributed by atoms with van der Waals surface area (Å²) in [6.07, 6.45) is 6.68. The van der Waals surface area contributed by atoms with Crippen LogP contribution in [0.5, 0.6) is 0 Å². The van der Waals surface area contributed by atoms with E-state index in [4.69, 9.17) is 5.73 Å². The maximum absolute atomic E-state index is 13.0. The maximum Gasteiger partial charge on any atom is 0.255 e. The standard InChI is InChI=1S/C23H29N3O2/c1-26(19-7-3-2-4-8-19)23(28)20-9-5-6-10-21(20)25-22(27)16-13-17-11-14-18(24)15-12-17/h5-6,9-12,14-15,19H,2-4,7-8,13,16,24H2,1H3,(H,25,27). The Balaban J connectivity index is 1.63. The largest absolute Gasteiger partial charge is 0.399 e. The van der Waals surface area contributed by atoms with E-state index >= 15 is 0 Å². The molecule has 0 unspecified atom stereocenters. The minimum atomic E-state index is -0.0996. The topological polar surface area (TPSA) is 75.4 Å². The van der Waals surface area contributed by atoms with Gasteiger partial charge in [0.1, 0.15) is 0 Å². The first kappa shape index (κ1) is 19.9. The van der Waals surface area contributed by atoms with Gasteiger partial charge in [0.15, 0.2) is 0 Å². The van der Waals surface area contributed by atoms with E-state index in [0.29, 0.717) is 29.8 Å². The zero-order valence-corrected chi connectivity index (χ0v) is 16.5. The number of amides is 2. The molecule has 0 spiro atoms. The molecule has 0 bridgehead atoms. The van der Waals surface area contributed by atoms with Gasteiger partial charge in [0.05, 0.1) is 11.3 Å². The number of hydrogen-bond donors (Lipinski definition) is 2. The molecule has 0 radical (unpaired) electrons. The molecule has 1 aliphatic rings. The van der Waals surface area contributed by atoms with Crippen LogP contribution >= 0.6 is 0 Å². The van der Waals surface area contributed by atoms with Crippen molar-refractivity contribution in [3.05, 3.63) is 59.7 Å². The molecule has 3 N–H and O–H groups in total. The van der Waals surface area contributed by atoms with Gasteiger partial charge in [-0.15, -0.1) is 0 Å². The van der Waals surface area contributed by atoms with Crippen LogP contribution in [0.1, 0.15) is 54.4 Å². The number of carbonyl (C=O) groups is 2. The molecule has 2 aromatic carbocycles. The quantitative estimate of drug-likeness (QED) is 0.737. The molecule has 1 saturated carbocycles. The van der Waals surface area contributed by atoms with E-state index in [-0.39, 0.29) is 17.9 Å². The van der Waals surface area contributed by atoms with Gasteiger partial charge < -0.3 is 16.0 Å². The lowest BCUT2D eigenvalue weighted by atomic mass is 9.94. The van der Waals surface area contributed by atoms with Crippen LogP contribution in [0.25, 0.3) is 0 Å². The molecule has 0 saturated heterocycles. The Bertz CT molecular complexity index is 811. The highest BCUT2D eigenvalue weighted by atomic mass is 16.2. The Hall–Kier alpha value is -2.82. The summed E-state index contributed by atoms with van der Waals surface area (Å²) in [5.41, 5.74) is 8.60. The molecule has 0 heterocycles. The van der Waals surface area contributed by atoms with Crippen LogP contribution in [0.3, 0.4) is 0 Å². The fourth-order valence-corrected chi connectivity index (χ4v) is 3.76. The Kier molecular flexibility index (Phi) is 6.69. The number of benzene rings is 2. The van der Waals surface area contributed by atoms with Crippen molar-refractivity contribution in [2.75, 3.05) is 18.1 Å². The van der Waals surface area contributed by atoms with Crippen molar-refractivity contribution in [3.8, 4) is 0 Å². The minimum absolute atomic E-state index is 0.0265. The first-order valence-corrected chi connectivity index (χ1v) is 10.0. The van der Waals surface area contributed by atoms with E-state index in [1.54, 1.807) is 12.1 Å². The highest BCUT2D eigenvalue weighted by Crippen LogP contribution is 2.25. The smallest absolute Gasteiger partial charge is 0.255 e. The molecule has 1 fully saturated rings. The number of anilines is 2. The maximum atomic E-state index is 13.0. The monoisotopic (exact) mass is 379 g/mol. The van der Waals surface area contributed by atoms with Gasteiger partial charge in [-0.25, -0.2) is 0 Å². The lowest BCUT2D eigenvalue weighted by Crippen LogP contribution is -2.38. The minimum Gasteiger partial charge on any atom is -0.399 e. The molecular weight excluding hydrogens is 350 g/mol. The summed E-state index contributed by atoms with van der Waals surface area (Å²) in [4.78, 5) is 27.3. The highest BCUT2D eigenvalue weighted by molar-refractivity contribution is 6.03. The van der Waals surface area contributed by atoms with Gasteiger partial charge in [-0.2, -0.15) is 0 Å². The molecule has 148 valence electrons. The Morgan fingerprint density at radius 2 is 1.71 bits per heavy atom. The molecular formula is C23H29N3O2. The van der Waals surface area contributed by atoms with Crippen molar-refractivity contribution in [1.29, 1.82) is 0 Å². The average Bonchev–Trinajstić information content (AvgIpc) is 2.73. The molecule has 28 heavy (non-hydrogen) atoms. The Labute approximate surface area is 166 Å². The number of nitrogens with zero attached hydrogens (tertiary/aromatic N) is 1.